The van der Waals surface area contributed by atoms with E-state index in [-0.39, 0.29) is 18.1 Å². The van der Waals surface area contributed by atoms with Crippen LogP contribution in [0.15, 0.2) is 54.6 Å². The van der Waals surface area contributed by atoms with Crippen LogP contribution in [0.3, 0.4) is 0 Å². The maximum atomic E-state index is 12.4. The van der Waals surface area contributed by atoms with Crippen LogP contribution in [0.25, 0.3) is 0 Å². The van der Waals surface area contributed by atoms with Crippen molar-refractivity contribution in [2.75, 3.05) is 5.75 Å². The molecule has 0 aliphatic heterocycles. The molecule has 0 atom stereocenters. The molecule has 1 aliphatic carbocycles. The summed E-state index contributed by atoms with van der Waals surface area (Å²) >= 11 is 1.62. The Morgan fingerprint density at radius 2 is 1.71 bits per heavy atom. The first-order valence-electron chi connectivity index (χ1n) is 8.35. The molecule has 4 heteroatoms. The predicted molar refractivity (Wildman–Crippen MR) is 98.6 cm³/mol. The van der Waals surface area contributed by atoms with Crippen molar-refractivity contribution in [2.45, 2.75) is 37.2 Å². The lowest BCUT2D eigenvalue weighted by Crippen LogP contribution is -2.51. The highest BCUT2D eigenvalue weighted by Crippen LogP contribution is 2.41. The Bertz CT molecular complexity index is 666. The Hall–Kier alpha value is -1.78. The smallest absolute Gasteiger partial charge is 0.230 e. The Kier molecular flexibility index (Phi) is 5.59. The van der Waals surface area contributed by atoms with Crippen LogP contribution in [0.2, 0.25) is 0 Å². The van der Waals surface area contributed by atoms with Crippen LogP contribution < -0.4 is 5.32 Å². The summed E-state index contributed by atoms with van der Waals surface area (Å²) in [6.45, 7) is 0.0669. The monoisotopic (exact) mass is 341 g/mol. The van der Waals surface area contributed by atoms with E-state index in [0.717, 1.165) is 24.2 Å². The fourth-order valence-electron chi connectivity index (χ4n) is 3.08. The Balaban J connectivity index is 1.50. The number of carbonyl (C=O) groups excluding carboxylic acids is 1. The topological polar surface area (TPSA) is 49.3 Å². The molecule has 126 valence electrons. The summed E-state index contributed by atoms with van der Waals surface area (Å²) in [5.74, 6) is 1.38. The van der Waals surface area contributed by atoms with Gasteiger partial charge in [-0.3, -0.25) is 4.79 Å². The molecular formula is C20H23NO2S. The van der Waals surface area contributed by atoms with Crippen molar-refractivity contribution in [3.8, 4) is 0 Å². The summed E-state index contributed by atoms with van der Waals surface area (Å²) < 4.78 is 0. The van der Waals surface area contributed by atoms with Gasteiger partial charge < -0.3 is 10.4 Å². The van der Waals surface area contributed by atoms with Gasteiger partial charge in [-0.1, -0.05) is 54.6 Å². The Labute approximate surface area is 147 Å². The lowest BCUT2D eigenvalue weighted by atomic mass is 9.72. The van der Waals surface area contributed by atoms with Crippen molar-refractivity contribution in [1.29, 1.82) is 0 Å². The number of hydrogen-bond donors (Lipinski definition) is 2. The van der Waals surface area contributed by atoms with Gasteiger partial charge in [-0.25, -0.2) is 0 Å². The van der Waals surface area contributed by atoms with Gasteiger partial charge in [-0.05, 0) is 36.0 Å². The first-order chi connectivity index (χ1) is 11.7. The molecule has 24 heavy (non-hydrogen) atoms. The number of hydrogen-bond acceptors (Lipinski definition) is 3. The van der Waals surface area contributed by atoms with E-state index in [1.807, 2.05) is 42.5 Å². The quantitative estimate of drug-likeness (QED) is 0.809. The van der Waals surface area contributed by atoms with Crippen LogP contribution in [0.5, 0.6) is 0 Å². The molecule has 0 unspecified atom stereocenters. The molecule has 0 bridgehead atoms. The van der Waals surface area contributed by atoms with E-state index < -0.39 is 0 Å². The highest BCUT2D eigenvalue weighted by atomic mass is 32.2. The first-order valence-corrected chi connectivity index (χ1v) is 9.50. The molecule has 1 aliphatic rings. The molecule has 1 amide bonds. The van der Waals surface area contributed by atoms with E-state index in [1.54, 1.807) is 11.8 Å². The fourth-order valence-corrected chi connectivity index (χ4v) is 3.87. The lowest BCUT2D eigenvalue weighted by Gasteiger charge is -2.43. The molecule has 1 fully saturated rings. The van der Waals surface area contributed by atoms with Gasteiger partial charge in [-0.15, -0.1) is 11.8 Å². The van der Waals surface area contributed by atoms with E-state index in [9.17, 15) is 4.79 Å². The fraction of sp³-hybridized carbons (Fsp3) is 0.350. The summed E-state index contributed by atoms with van der Waals surface area (Å²) in [4.78, 5) is 12.4. The van der Waals surface area contributed by atoms with Crippen LogP contribution in [-0.4, -0.2) is 16.8 Å². The second kappa shape index (κ2) is 7.86. The van der Waals surface area contributed by atoms with E-state index in [1.165, 1.54) is 17.5 Å². The second-order valence-electron chi connectivity index (χ2n) is 6.32. The van der Waals surface area contributed by atoms with Crippen molar-refractivity contribution in [3.05, 3.63) is 71.3 Å². The van der Waals surface area contributed by atoms with Gasteiger partial charge >= 0.3 is 0 Å². The van der Waals surface area contributed by atoms with Crippen molar-refractivity contribution >= 4 is 17.7 Å². The third kappa shape index (κ3) is 4.00. The Morgan fingerprint density at radius 3 is 2.29 bits per heavy atom. The largest absolute Gasteiger partial charge is 0.392 e. The summed E-state index contributed by atoms with van der Waals surface area (Å²) in [5.41, 5.74) is 3.15. The third-order valence-electron chi connectivity index (χ3n) is 4.62. The molecule has 2 N–H and O–H groups in total. The number of thioether (sulfide) groups is 1. The maximum absolute atomic E-state index is 12.4. The van der Waals surface area contributed by atoms with E-state index in [0.29, 0.717) is 5.75 Å². The number of benzene rings is 2. The van der Waals surface area contributed by atoms with E-state index in [4.69, 9.17) is 5.11 Å². The summed E-state index contributed by atoms with van der Waals surface area (Å²) in [5, 5.41) is 12.3. The second-order valence-corrected chi connectivity index (χ2v) is 7.30. The van der Waals surface area contributed by atoms with Gasteiger partial charge in [0.25, 0.3) is 0 Å². The molecule has 3 nitrogen and oxygen atoms in total. The summed E-state index contributed by atoms with van der Waals surface area (Å²) in [6, 6.07) is 18.2. The zero-order chi connectivity index (χ0) is 16.8. The number of rotatable bonds is 7. The number of aliphatic hydroxyl groups excluding tert-OH is 1. The first kappa shape index (κ1) is 17.1. The minimum Gasteiger partial charge on any atom is -0.392 e. The standard InChI is InChI=1S/C20H23NO2S/c22-13-16-7-9-17(10-8-16)14-24-15-19(23)21-20(11-4-12-20)18-5-2-1-3-6-18/h1-3,5-10,22H,4,11-15H2,(H,21,23). The average molecular weight is 341 g/mol. The van der Waals surface area contributed by atoms with Gasteiger partial charge in [0.15, 0.2) is 0 Å². The molecule has 3 rings (SSSR count). The lowest BCUT2D eigenvalue weighted by molar-refractivity contribution is -0.121. The van der Waals surface area contributed by atoms with Gasteiger partial charge in [0.2, 0.25) is 5.91 Å². The number of amides is 1. The highest BCUT2D eigenvalue weighted by Gasteiger charge is 2.39. The predicted octanol–water partition coefficient (Wildman–Crippen LogP) is 3.61. The van der Waals surface area contributed by atoms with Crippen molar-refractivity contribution < 1.29 is 9.90 Å². The molecule has 0 saturated heterocycles. The minimum atomic E-state index is -0.151. The molecule has 0 radical (unpaired) electrons. The zero-order valence-corrected chi connectivity index (χ0v) is 14.5. The van der Waals surface area contributed by atoms with Crippen molar-refractivity contribution in [1.82, 2.24) is 5.32 Å². The van der Waals surface area contributed by atoms with Crippen LogP contribution in [0.4, 0.5) is 0 Å². The maximum Gasteiger partial charge on any atom is 0.230 e. The minimum absolute atomic E-state index is 0.0669. The molecule has 1 saturated carbocycles. The van der Waals surface area contributed by atoms with E-state index >= 15 is 0 Å². The number of nitrogens with one attached hydrogen (secondary N) is 1. The average Bonchev–Trinajstić information content (AvgIpc) is 2.59. The van der Waals surface area contributed by atoms with Crippen molar-refractivity contribution in [2.24, 2.45) is 0 Å². The van der Waals surface area contributed by atoms with Gasteiger partial charge in [0.05, 0.1) is 17.9 Å². The normalized spacial score (nSPS) is 15.5. The van der Waals surface area contributed by atoms with Crippen LogP contribution in [-0.2, 0) is 22.7 Å². The molecule has 0 spiro atoms. The third-order valence-corrected chi connectivity index (χ3v) is 5.62. The van der Waals surface area contributed by atoms with Crippen LogP contribution >= 0.6 is 11.8 Å². The molecule has 0 heterocycles. The molecule has 2 aromatic carbocycles. The SMILES string of the molecule is O=C(CSCc1ccc(CO)cc1)NC1(c2ccccc2)CCC1. The Morgan fingerprint density at radius 1 is 1.04 bits per heavy atom. The van der Waals surface area contributed by atoms with E-state index in [2.05, 4.69) is 17.4 Å². The zero-order valence-electron chi connectivity index (χ0n) is 13.7. The van der Waals surface area contributed by atoms with Gasteiger partial charge in [-0.2, -0.15) is 0 Å². The summed E-state index contributed by atoms with van der Waals surface area (Å²) in [6.07, 6.45) is 3.21. The molecule has 2 aromatic rings. The van der Waals surface area contributed by atoms with Crippen LogP contribution in [0.1, 0.15) is 36.0 Å². The summed E-state index contributed by atoms with van der Waals surface area (Å²) in [7, 11) is 0. The number of carbonyl (C=O) groups is 1. The molecule has 0 aromatic heterocycles. The van der Waals surface area contributed by atoms with Gasteiger partial charge in [0.1, 0.15) is 0 Å². The van der Waals surface area contributed by atoms with Gasteiger partial charge in [0, 0.05) is 5.75 Å². The molecular weight excluding hydrogens is 318 g/mol. The highest BCUT2D eigenvalue weighted by molar-refractivity contribution is 7.99. The van der Waals surface area contributed by atoms with Crippen LogP contribution in [0, 0.1) is 0 Å². The van der Waals surface area contributed by atoms with Crippen molar-refractivity contribution in [3.63, 3.8) is 0 Å². The number of aliphatic hydroxyl groups is 1.